The summed E-state index contributed by atoms with van der Waals surface area (Å²) in [6, 6.07) is 0. The minimum Gasteiger partial charge on any atom is -0.382 e. The van der Waals surface area contributed by atoms with E-state index in [9.17, 15) is 4.79 Å². The van der Waals surface area contributed by atoms with E-state index < -0.39 is 0 Å². The number of aromatic nitrogens is 3. The third kappa shape index (κ3) is 3.53. The maximum absolute atomic E-state index is 12.3. The summed E-state index contributed by atoms with van der Waals surface area (Å²) >= 11 is 0. The van der Waals surface area contributed by atoms with Gasteiger partial charge in [-0.25, -0.2) is 4.98 Å². The molecule has 1 unspecified atom stereocenters. The fourth-order valence-corrected chi connectivity index (χ4v) is 2.71. The van der Waals surface area contributed by atoms with Crippen LogP contribution in [0.25, 0.3) is 0 Å². The van der Waals surface area contributed by atoms with E-state index >= 15 is 0 Å². The zero-order valence-electron chi connectivity index (χ0n) is 11.6. The molecule has 6 nitrogen and oxygen atoms in total. The van der Waals surface area contributed by atoms with Gasteiger partial charge in [0.05, 0.1) is 24.6 Å². The lowest BCUT2D eigenvalue weighted by Gasteiger charge is -2.30. The minimum absolute atomic E-state index is 0.0643. The molecule has 1 saturated carbocycles. The quantitative estimate of drug-likeness (QED) is 0.833. The van der Waals surface area contributed by atoms with Crippen LogP contribution in [0.3, 0.4) is 0 Å². The summed E-state index contributed by atoms with van der Waals surface area (Å²) in [5, 5.41) is 7.20. The molecular weight excluding hydrogens is 244 g/mol. The van der Waals surface area contributed by atoms with Gasteiger partial charge in [0.15, 0.2) is 0 Å². The van der Waals surface area contributed by atoms with Crippen molar-refractivity contribution in [1.29, 1.82) is 0 Å². The molecule has 1 heterocycles. The lowest BCUT2D eigenvalue weighted by Crippen LogP contribution is -2.51. The molecule has 0 radical (unpaired) electrons. The highest BCUT2D eigenvalue weighted by atomic mass is 16.5. The van der Waals surface area contributed by atoms with Gasteiger partial charge < -0.3 is 10.1 Å². The van der Waals surface area contributed by atoms with Gasteiger partial charge in [0.25, 0.3) is 0 Å². The number of nitrogens with one attached hydrogen (secondary N) is 1. The second-order valence-electron chi connectivity index (χ2n) is 5.43. The lowest BCUT2D eigenvalue weighted by atomic mass is 9.97. The average molecular weight is 266 g/mol. The van der Waals surface area contributed by atoms with Gasteiger partial charge in [-0.05, 0) is 12.8 Å². The fraction of sp³-hybridized carbons (Fsp3) is 0.769. The Hall–Kier alpha value is -1.43. The summed E-state index contributed by atoms with van der Waals surface area (Å²) in [7, 11) is 1.69. The molecule has 1 N–H and O–H groups in total. The highest BCUT2D eigenvalue weighted by molar-refractivity contribution is 5.79. The Balaban J connectivity index is 1.91. The smallest absolute Gasteiger partial charge is 0.225 e. The van der Waals surface area contributed by atoms with Crippen LogP contribution in [0.5, 0.6) is 0 Å². The second-order valence-corrected chi connectivity index (χ2v) is 5.43. The summed E-state index contributed by atoms with van der Waals surface area (Å²) in [6.07, 6.45) is 7.42. The van der Waals surface area contributed by atoms with Crippen molar-refractivity contribution in [2.45, 2.75) is 44.7 Å². The van der Waals surface area contributed by atoms with Gasteiger partial charge in [0.1, 0.15) is 12.7 Å². The van der Waals surface area contributed by atoms with Crippen LogP contribution < -0.4 is 5.32 Å². The predicted octanol–water partition coefficient (Wildman–Crippen LogP) is 0.990. The fourth-order valence-electron chi connectivity index (χ4n) is 2.71. The standard InChI is InChI=1S/C13H22N4O2/c1-11(7-17-10-14-9-15-17)12(18)16-13(8-19-2)5-3-4-6-13/h9-11H,3-8H2,1-2H3,(H,16,18). The maximum atomic E-state index is 12.3. The van der Waals surface area contributed by atoms with Crippen molar-refractivity contribution in [3.8, 4) is 0 Å². The topological polar surface area (TPSA) is 69.0 Å². The first-order valence-corrected chi connectivity index (χ1v) is 6.79. The minimum atomic E-state index is -0.164. The molecule has 19 heavy (non-hydrogen) atoms. The van der Waals surface area contributed by atoms with E-state index in [0.717, 1.165) is 25.7 Å². The molecule has 6 heteroatoms. The van der Waals surface area contributed by atoms with E-state index in [4.69, 9.17) is 4.74 Å². The number of hydrogen-bond acceptors (Lipinski definition) is 4. The Morgan fingerprint density at radius 3 is 2.84 bits per heavy atom. The van der Waals surface area contributed by atoms with E-state index in [1.807, 2.05) is 6.92 Å². The van der Waals surface area contributed by atoms with Crippen LogP contribution >= 0.6 is 0 Å². The summed E-state index contributed by atoms with van der Waals surface area (Å²) in [6.45, 7) is 3.05. The number of carbonyl (C=O) groups excluding carboxylic acids is 1. The third-order valence-corrected chi connectivity index (χ3v) is 3.74. The van der Waals surface area contributed by atoms with Gasteiger partial charge in [0, 0.05) is 7.11 Å². The molecule has 1 aromatic rings. The van der Waals surface area contributed by atoms with Crippen LogP contribution in [-0.2, 0) is 16.1 Å². The first kappa shape index (κ1) is 14.0. The Kier molecular flexibility index (Phi) is 4.52. The average Bonchev–Trinajstić information content (AvgIpc) is 3.01. The normalized spacial score (nSPS) is 19.3. The highest BCUT2D eigenvalue weighted by Gasteiger charge is 2.36. The molecular formula is C13H22N4O2. The third-order valence-electron chi connectivity index (χ3n) is 3.74. The molecule has 1 aliphatic rings. The largest absolute Gasteiger partial charge is 0.382 e. The molecule has 1 aromatic heterocycles. The molecule has 0 spiro atoms. The van der Waals surface area contributed by atoms with Crippen LogP contribution in [0.4, 0.5) is 0 Å². The van der Waals surface area contributed by atoms with E-state index in [1.165, 1.54) is 6.33 Å². The van der Waals surface area contributed by atoms with Gasteiger partial charge in [-0.2, -0.15) is 5.10 Å². The Morgan fingerprint density at radius 2 is 2.26 bits per heavy atom. The molecule has 0 bridgehead atoms. The maximum Gasteiger partial charge on any atom is 0.225 e. The van der Waals surface area contributed by atoms with Crippen molar-refractivity contribution in [2.24, 2.45) is 5.92 Å². The van der Waals surface area contributed by atoms with E-state index in [-0.39, 0.29) is 17.4 Å². The zero-order chi connectivity index (χ0) is 13.7. The highest BCUT2D eigenvalue weighted by Crippen LogP contribution is 2.30. The summed E-state index contributed by atoms with van der Waals surface area (Å²) < 4.78 is 6.96. The summed E-state index contributed by atoms with van der Waals surface area (Å²) in [5.41, 5.74) is -0.164. The van der Waals surface area contributed by atoms with Crippen LogP contribution in [0, 0.1) is 5.92 Å². The second kappa shape index (κ2) is 6.14. The Bertz CT molecular complexity index is 399. The van der Waals surface area contributed by atoms with Crippen molar-refractivity contribution in [1.82, 2.24) is 20.1 Å². The molecule has 1 amide bonds. The Morgan fingerprint density at radius 1 is 1.53 bits per heavy atom. The van der Waals surface area contributed by atoms with Gasteiger partial charge in [-0.15, -0.1) is 0 Å². The first-order chi connectivity index (χ1) is 9.15. The lowest BCUT2D eigenvalue weighted by molar-refractivity contribution is -0.127. The molecule has 0 aliphatic heterocycles. The number of hydrogen-bond donors (Lipinski definition) is 1. The molecule has 1 atom stereocenters. The van der Waals surface area contributed by atoms with Crippen LogP contribution in [0.2, 0.25) is 0 Å². The molecule has 2 rings (SSSR count). The van der Waals surface area contributed by atoms with Gasteiger partial charge in [0.2, 0.25) is 5.91 Å². The van der Waals surface area contributed by atoms with Crippen molar-refractivity contribution >= 4 is 5.91 Å². The predicted molar refractivity (Wildman–Crippen MR) is 70.4 cm³/mol. The SMILES string of the molecule is COCC1(NC(=O)C(C)Cn2cncn2)CCCC1. The van der Waals surface area contributed by atoms with Crippen LogP contribution in [-0.4, -0.2) is 39.9 Å². The van der Waals surface area contributed by atoms with E-state index in [0.29, 0.717) is 13.2 Å². The molecule has 1 aliphatic carbocycles. The van der Waals surface area contributed by atoms with Gasteiger partial charge in [-0.1, -0.05) is 19.8 Å². The van der Waals surface area contributed by atoms with Crippen molar-refractivity contribution in [2.75, 3.05) is 13.7 Å². The molecule has 1 fully saturated rings. The molecule has 106 valence electrons. The number of methoxy groups -OCH3 is 1. The molecule has 0 aromatic carbocycles. The number of ether oxygens (including phenoxy) is 1. The van der Waals surface area contributed by atoms with Crippen LogP contribution in [0.15, 0.2) is 12.7 Å². The number of nitrogens with zero attached hydrogens (tertiary/aromatic N) is 3. The summed E-state index contributed by atoms with van der Waals surface area (Å²) in [4.78, 5) is 16.2. The molecule has 0 saturated heterocycles. The first-order valence-electron chi connectivity index (χ1n) is 6.79. The summed E-state index contributed by atoms with van der Waals surface area (Å²) in [5.74, 6) is -0.0644. The van der Waals surface area contributed by atoms with E-state index in [2.05, 4.69) is 15.4 Å². The Labute approximate surface area is 113 Å². The van der Waals surface area contributed by atoms with Crippen molar-refractivity contribution in [3.63, 3.8) is 0 Å². The van der Waals surface area contributed by atoms with Gasteiger partial charge >= 0.3 is 0 Å². The monoisotopic (exact) mass is 266 g/mol. The van der Waals surface area contributed by atoms with Crippen molar-refractivity contribution in [3.05, 3.63) is 12.7 Å². The van der Waals surface area contributed by atoms with Crippen LogP contribution in [0.1, 0.15) is 32.6 Å². The number of carbonyl (C=O) groups is 1. The zero-order valence-corrected chi connectivity index (χ0v) is 11.6. The number of amides is 1. The van der Waals surface area contributed by atoms with Crippen molar-refractivity contribution < 1.29 is 9.53 Å². The van der Waals surface area contributed by atoms with E-state index in [1.54, 1.807) is 18.1 Å². The number of rotatable bonds is 6. The van der Waals surface area contributed by atoms with Gasteiger partial charge in [-0.3, -0.25) is 9.48 Å².